The Labute approximate surface area is 138 Å². The summed E-state index contributed by atoms with van der Waals surface area (Å²) >= 11 is 0. The number of Topliss-reactive ketones (excluding diaryl/α,β-unsaturated/α-hetero) is 1. The zero-order chi connectivity index (χ0) is 16.0. The molecule has 0 amide bonds. The van der Waals surface area contributed by atoms with Gasteiger partial charge in [-0.15, -0.1) is 0 Å². The van der Waals surface area contributed by atoms with Gasteiger partial charge in [-0.05, 0) is 63.5 Å². The molecule has 2 aliphatic carbocycles. The summed E-state index contributed by atoms with van der Waals surface area (Å²) in [6, 6.07) is 8.53. The molecule has 122 valence electrons. The van der Waals surface area contributed by atoms with Crippen molar-refractivity contribution in [1.82, 2.24) is 5.32 Å². The van der Waals surface area contributed by atoms with E-state index >= 15 is 0 Å². The molecule has 3 heteroatoms. The average Bonchev–Trinajstić information content (AvgIpc) is 2.94. The first-order valence-corrected chi connectivity index (χ1v) is 9.07. The lowest BCUT2D eigenvalue weighted by atomic mass is 9.55. The first kappa shape index (κ1) is 14.0. The topological polar surface area (TPSA) is 41.1 Å². The van der Waals surface area contributed by atoms with E-state index in [1.165, 1.54) is 12.8 Å². The second kappa shape index (κ2) is 4.00. The maximum absolute atomic E-state index is 13.4. The third-order valence-corrected chi connectivity index (χ3v) is 7.84. The molecule has 3 fully saturated rings. The number of anilines is 1. The largest absolute Gasteiger partial charge is 0.371 e. The fraction of sp³-hybridized carbons (Fsp3) is 0.650. The molecule has 2 N–H and O–H groups in total. The number of carbonyl (C=O) groups is 1. The number of rotatable bonds is 0. The third-order valence-electron chi connectivity index (χ3n) is 7.84. The predicted octanol–water partition coefficient (Wildman–Crippen LogP) is 3.61. The van der Waals surface area contributed by atoms with E-state index in [2.05, 4.69) is 37.5 Å². The van der Waals surface area contributed by atoms with Crippen molar-refractivity contribution in [2.75, 3.05) is 5.32 Å². The molecule has 5 rings (SSSR count). The second-order valence-corrected chi connectivity index (χ2v) is 9.08. The van der Waals surface area contributed by atoms with Crippen molar-refractivity contribution < 1.29 is 4.79 Å². The number of hydrogen-bond donors (Lipinski definition) is 2. The molecular weight excluding hydrogens is 284 g/mol. The summed E-state index contributed by atoms with van der Waals surface area (Å²) in [6.07, 6.45) is 4.59. The number of hydrogen-bond acceptors (Lipinski definition) is 3. The summed E-state index contributed by atoms with van der Waals surface area (Å²) in [5, 5.41) is 7.64. The molecule has 5 unspecified atom stereocenters. The van der Waals surface area contributed by atoms with Gasteiger partial charge in [0, 0.05) is 28.2 Å². The highest BCUT2D eigenvalue weighted by molar-refractivity contribution is 6.14. The molecule has 1 spiro atoms. The molecule has 3 nitrogen and oxygen atoms in total. The van der Waals surface area contributed by atoms with Gasteiger partial charge in [0.05, 0.1) is 0 Å². The van der Waals surface area contributed by atoms with Gasteiger partial charge in [0.25, 0.3) is 0 Å². The molecule has 0 radical (unpaired) electrons. The molecule has 4 aliphatic rings. The highest BCUT2D eigenvalue weighted by Crippen LogP contribution is 2.65. The van der Waals surface area contributed by atoms with E-state index < -0.39 is 5.54 Å². The Kier molecular flexibility index (Phi) is 2.44. The Morgan fingerprint density at radius 1 is 1.17 bits per heavy atom. The van der Waals surface area contributed by atoms with Crippen LogP contribution in [0.15, 0.2) is 24.3 Å². The zero-order valence-electron chi connectivity index (χ0n) is 14.3. The predicted molar refractivity (Wildman–Crippen MR) is 91.7 cm³/mol. The number of carbonyl (C=O) groups excluding carboxylic acids is 1. The van der Waals surface area contributed by atoms with Gasteiger partial charge in [-0.25, -0.2) is 0 Å². The molecule has 23 heavy (non-hydrogen) atoms. The van der Waals surface area contributed by atoms with Gasteiger partial charge >= 0.3 is 0 Å². The van der Waals surface area contributed by atoms with E-state index in [1.54, 1.807) is 0 Å². The summed E-state index contributed by atoms with van der Waals surface area (Å²) in [5.74, 6) is 1.69. The Balaban J connectivity index is 1.63. The summed E-state index contributed by atoms with van der Waals surface area (Å²) < 4.78 is 0. The van der Waals surface area contributed by atoms with Crippen LogP contribution in [0.1, 0.15) is 56.8 Å². The fourth-order valence-corrected chi connectivity index (χ4v) is 6.44. The molecule has 2 aliphatic heterocycles. The van der Waals surface area contributed by atoms with E-state index in [9.17, 15) is 4.79 Å². The van der Waals surface area contributed by atoms with Gasteiger partial charge in [-0.2, -0.15) is 0 Å². The van der Waals surface area contributed by atoms with Crippen LogP contribution in [-0.4, -0.2) is 22.9 Å². The van der Waals surface area contributed by atoms with Gasteiger partial charge in [-0.3, -0.25) is 4.79 Å². The molecule has 2 heterocycles. The van der Waals surface area contributed by atoms with Crippen LogP contribution in [0, 0.1) is 17.3 Å². The summed E-state index contributed by atoms with van der Waals surface area (Å²) in [6.45, 7) is 7.07. The highest BCUT2D eigenvalue weighted by atomic mass is 16.1. The Morgan fingerprint density at radius 2 is 1.96 bits per heavy atom. The van der Waals surface area contributed by atoms with E-state index in [0.717, 1.165) is 30.0 Å². The quantitative estimate of drug-likeness (QED) is 0.769. The lowest BCUT2D eigenvalue weighted by Crippen LogP contribution is -2.62. The summed E-state index contributed by atoms with van der Waals surface area (Å²) in [4.78, 5) is 13.4. The minimum absolute atomic E-state index is 0.0633. The number of piperidine rings is 1. The number of nitrogens with one attached hydrogen (secondary N) is 2. The van der Waals surface area contributed by atoms with E-state index in [1.807, 2.05) is 18.2 Å². The maximum Gasteiger partial charge on any atom is 0.190 e. The fourth-order valence-electron chi connectivity index (χ4n) is 6.44. The van der Waals surface area contributed by atoms with Crippen molar-refractivity contribution in [3.05, 3.63) is 29.8 Å². The van der Waals surface area contributed by atoms with Crippen LogP contribution >= 0.6 is 0 Å². The molecule has 0 aromatic heterocycles. The highest BCUT2D eigenvalue weighted by Gasteiger charge is 2.70. The summed E-state index contributed by atoms with van der Waals surface area (Å²) in [5.41, 5.74) is 1.80. The molecule has 1 saturated heterocycles. The van der Waals surface area contributed by atoms with Gasteiger partial charge in [0.2, 0.25) is 0 Å². The van der Waals surface area contributed by atoms with E-state index in [4.69, 9.17) is 0 Å². The minimum Gasteiger partial charge on any atom is -0.371 e. The van der Waals surface area contributed by atoms with Crippen molar-refractivity contribution in [2.45, 2.75) is 63.6 Å². The van der Waals surface area contributed by atoms with Crippen LogP contribution in [-0.2, 0) is 0 Å². The molecular formula is C20H26N2O. The SMILES string of the molecule is CC1(C)NC2CC3(Nc4ccccc4C3=O)C3(C)CCC1CC23. The average molecular weight is 310 g/mol. The van der Waals surface area contributed by atoms with Crippen molar-refractivity contribution in [3.63, 3.8) is 0 Å². The van der Waals surface area contributed by atoms with E-state index in [-0.39, 0.29) is 11.0 Å². The molecule has 1 aromatic carbocycles. The van der Waals surface area contributed by atoms with Crippen LogP contribution < -0.4 is 10.6 Å². The summed E-state index contributed by atoms with van der Waals surface area (Å²) in [7, 11) is 0. The first-order valence-electron chi connectivity index (χ1n) is 9.07. The van der Waals surface area contributed by atoms with Crippen molar-refractivity contribution in [1.29, 1.82) is 0 Å². The zero-order valence-corrected chi connectivity index (χ0v) is 14.3. The van der Waals surface area contributed by atoms with Crippen LogP contribution in [0.4, 0.5) is 5.69 Å². The van der Waals surface area contributed by atoms with Crippen molar-refractivity contribution in [2.24, 2.45) is 17.3 Å². The van der Waals surface area contributed by atoms with Crippen molar-refractivity contribution >= 4 is 11.5 Å². The Hall–Kier alpha value is -1.35. The lowest BCUT2D eigenvalue weighted by Gasteiger charge is -2.55. The van der Waals surface area contributed by atoms with E-state index in [0.29, 0.717) is 17.7 Å². The molecule has 1 aromatic rings. The molecule has 5 atom stereocenters. The van der Waals surface area contributed by atoms with Crippen LogP contribution in [0.25, 0.3) is 0 Å². The van der Waals surface area contributed by atoms with Gasteiger partial charge in [0.15, 0.2) is 5.78 Å². The van der Waals surface area contributed by atoms with Crippen LogP contribution in [0.5, 0.6) is 0 Å². The third kappa shape index (κ3) is 1.48. The second-order valence-electron chi connectivity index (χ2n) is 9.08. The lowest BCUT2D eigenvalue weighted by molar-refractivity contribution is -0.00566. The number of ketones is 1. The van der Waals surface area contributed by atoms with Crippen LogP contribution in [0.2, 0.25) is 0 Å². The monoisotopic (exact) mass is 310 g/mol. The molecule has 2 bridgehead atoms. The van der Waals surface area contributed by atoms with Gasteiger partial charge < -0.3 is 10.6 Å². The molecule has 2 saturated carbocycles. The van der Waals surface area contributed by atoms with Crippen molar-refractivity contribution in [3.8, 4) is 0 Å². The minimum atomic E-state index is -0.398. The number of fused-ring (bicyclic) bond motifs is 3. The number of benzene rings is 1. The van der Waals surface area contributed by atoms with Crippen LogP contribution in [0.3, 0.4) is 0 Å². The Morgan fingerprint density at radius 3 is 2.74 bits per heavy atom. The van der Waals surface area contributed by atoms with Gasteiger partial charge in [0.1, 0.15) is 5.54 Å². The normalized spacial score (nSPS) is 45.9. The Bertz CT molecular complexity index is 711. The smallest absolute Gasteiger partial charge is 0.190 e. The maximum atomic E-state index is 13.4. The van der Waals surface area contributed by atoms with Gasteiger partial charge in [-0.1, -0.05) is 19.1 Å². The first-order chi connectivity index (χ1) is 10.9. The standard InChI is InChI=1S/C20H26N2O/c1-18(2)12-8-9-19(3)14(10-12)16(21-18)11-20(19)17(23)13-6-4-5-7-15(13)22-20/h4-7,12,14,16,21-22H,8-11H2,1-3H3. The number of para-hydroxylation sites is 1.